The van der Waals surface area contributed by atoms with E-state index in [1.54, 1.807) is 11.3 Å². The van der Waals surface area contributed by atoms with Crippen molar-refractivity contribution in [2.75, 3.05) is 19.1 Å². The highest BCUT2D eigenvalue weighted by Gasteiger charge is 2.11. The number of hydrogen-bond donors (Lipinski definition) is 1. The van der Waals surface area contributed by atoms with Crippen molar-refractivity contribution < 1.29 is 8.42 Å². The molecule has 86 valence electrons. The zero-order chi connectivity index (χ0) is 11.3. The fourth-order valence-electron chi connectivity index (χ4n) is 1.40. The van der Waals surface area contributed by atoms with Crippen molar-refractivity contribution in [3.8, 4) is 0 Å². The average Bonchev–Trinajstić information content (AvgIpc) is 2.63. The van der Waals surface area contributed by atoms with E-state index in [2.05, 4.69) is 16.8 Å². The van der Waals surface area contributed by atoms with E-state index in [1.165, 1.54) is 11.8 Å². The van der Waals surface area contributed by atoms with Gasteiger partial charge in [-0.2, -0.15) is 11.3 Å². The summed E-state index contributed by atoms with van der Waals surface area (Å²) in [4.78, 5) is 0. The summed E-state index contributed by atoms with van der Waals surface area (Å²) in [5.41, 5.74) is 1.27. The van der Waals surface area contributed by atoms with Crippen molar-refractivity contribution in [1.82, 2.24) is 5.32 Å². The molecule has 0 saturated carbocycles. The Morgan fingerprint density at radius 1 is 1.53 bits per heavy atom. The van der Waals surface area contributed by atoms with Crippen LogP contribution in [0.5, 0.6) is 0 Å². The quantitative estimate of drug-likeness (QED) is 0.824. The molecular weight excluding hydrogens is 230 g/mol. The van der Waals surface area contributed by atoms with Gasteiger partial charge in [-0.05, 0) is 42.3 Å². The van der Waals surface area contributed by atoms with Crippen LogP contribution in [0.3, 0.4) is 0 Å². The first-order valence-corrected chi connectivity index (χ1v) is 7.87. The predicted molar refractivity (Wildman–Crippen MR) is 65.2 cm³/mol. The van der Waals surface area contributed by atoms with E-state index < -0.39 is 9.84 Å². The molecule has 1 aromatic rings. The van der Waals surface area contributed by atoms with Crippen molar-refractivity contribution in [3.05, 3.63) is 22.4 Å². The molecule has 0 spiro atoms. The van der Waals surface area contributed by atoms with Gasteiger partial charge < -0.3 is 5.32 Å². The lowest BCUT2D eigenvalue weighted by Crippen LogP contribution is -2.29. The zero-order valence-corrected chi connectivity index (χ0v) is 10.7. The van der Waals surface area contributed by atoms with E-state index in [4.69, 9.17) is 0 Å². The van der Waals surface area contributed by atoms with E-state index in [9.17, 15) is 8.42 Å². The summed E-state index contributed by atoms with van der Waals surface area (Å²) >= 11 is 1.67. The maximum atomic E-state index is 11.0. The third kappa shape index (κ3) is 5.30. The number of rotatable bonds is 6. The van der Waals surface area contributed by atoms with Crippen LogP contribution in [0.25, 0.3) is 0 Å². The van der Waals surface area contributed by atoms with Gasteiger partial charge in [-0.25, -0.2) is 8.42 Å². The minimum atomic E-state index is -2.85. The van der Waals surface area contributed by atoms with Crippen LogP contribution >= 0.6 is 11.3 Å². The Morgan fingerprint density at radius 2 is 2.27 bits per heavy atom. The van der Waals surface area contributed by atoms with E-state index >= 15 is 0 Å². The van der Waals surface area contributed by atoms with Crippen LogP contribution in [0.2, 0.25) is 0 Å². The molecule has 0 aromatic carbocycles. The van der Waals surface area contributed by atoms with Crippen molar-refractivity contribution in [3.63, 3.8) is 0 Å². The summed E-state index contributed by atoms with van der Waals surface area (Å²) in [5.74, 6) is 0.253. The summed E-state index contributed by atoms with van der Waals surface area (Å²) in [6, 6.07) is 2.32. The van der Waals surface area contributed by atoms with Gasteiger partial charge in [0.05, 0.1) is 5.75 Å². The zero-order valence-electron chi connectivity index (χ0n) is 9.06. The van der Waals surface area contributed by atoms with Gasteiger partial charge in [-0.3, -0.25) is 0 Å². The van der Waals surface area contributed by atoms with Crippen molar-refractivity contribution in [2.24, 2.45) is 0 Å². The maximum absolute atomic E-state index is 11.0. The number of thiophene rings is 1. The smallest absolute Gasteiger partial charge is 0.147 e. The summed E-state index contributed by atoms with van der Waals surface area (Å²) < 4.78 is 22.1. The van der Waals surface area contributed by atoms with Crippen LogP contribution in [-0.4, -0.2) is 33.5 Å². The highest BCUT2D eigenvalue weighted by molar-refractivity contribution is 7.90. The second-order valence-electron chi connectivity index (χ2n) is 3.74. The Kier molecular flexibility index (Phi) is 4.76. The maximum Gasteiger partial charge on any atom is 0.147 e. The molecule has 1 rings (SSSR count). The molecule has 0 aliphatic rings. The second kappa shape index (κ2) is 5.63. The highest BCUT2D eigenvalue weighted by Crippen LogP contribution is 2.10. The molecule has 1 aromatic heterocycles. The number of nitrogens with one attached hydrogen (secondary N) is 1. The molecule has 5 heteroatoms. The van der Waals surface area contributed by atoms with Gasteiger partial charge in [0.25, 0.3) is 0 Å². The van der Waals surface area contributed by atoms with Crippen LogP contribution in [-0.2, 0) is 16.3 Å². The van der Waals surface area contributed by atoms with E-state index in [-0.39, 0.29) is 11.8 Å². The van der Waals surface area contributed by atoms with Crippen molar-refractivity contribution in [1.29, 1.82) is 0 Å². The Morgan fingerprint density at radius 3 is 2.73 bits per heavy atom. The summed E-state index contributed by atoms with van der Waals surface area (Å²) in [6.07, 6.45) is 2.85. The van der Waals surface area contributed by atoms with Crippen LogP contribution in [0.4, 0.5) is 0 Å². The molecule has 0 fully saturated rings. The minimum Gasteiger partial charge on any atom is -0.317 e. The number of likely N-dealkylation sites (N-methyl/N-ethyl adjacent to an activating group) is 1. The Bertz CT molecular complexity index is 370. The van der Waals surface area contributed by atoms with Gasteiger partial charge in [0.15, 0.2) is 0 Å². The third-order valence-corrected chi connectivity index (χ3v) is 4.02. The normalized spacial score (nSPS) is 14.0. The average molecular weight is 247 g/mol. The molecule has 0 bridgehead atoms. The lowest BCUT2D eigenvalue weighted by atomic mass is 10.1. The van der Waals surface area contributed by atoms with Gasteiger partial charge in [0.2, 0.25) is 0 Å². The molecule has 3 nitrogen and oxygen atoms in total. The Hall–Kier alpha value is -0.390. The summed E-state index contributed by atoms with van der Waals surface area (Å²) in [5, 5.41) is 7.30. The fourth-order valence-corrected chi connectivity index (χ4v) is 2.79. The molecule has 0 radical (unpaired) electrons. The van der Waals surface area contributed by atoms with Crippen LogP contribution in [0.15, 0.2) is 16.8 Å². The molecule has 0 saturated heterocycles. The Balaban J connectivity index is 2.43. The van der Waals surface area contributed by atoms with Crippen LogP contribution < -0.4 is 5.32 Å². The van der Waals surface area contributed by atoms with Crippen LogP contribution in [0.1, 0.15) is 12.0 Å². The molecule has 1 unspecified atom stereocenters. The van der Waals surface area contributed by atoms with E-state index in [0.717, 1.165) is 6.42 Å². The third-order valence-electron chi connectivity index (χ3n) is 2.31. The molecule has 1 heterocycles. The van der Waals surface area contributed by atoms with Gasteiger partial charge in [0.1, 0.15) is 9.84 Å². The molecular formula is C10H17NO2S2. The van der Waals surface area contributed by atoms with Gasteiger partial charge in [-0.1, -0.05) is 0 Å². The lowest BCUT2D eigenvalue weighted by molar-refractivity contribution is 0.535. The second-order valence-corrected chi connectivity index (χ2v) is 6.78. The minimum absolute atomic E-state index is 0.245. The number of sulfone groups is 1. The summed E-state index contributed by atoms with van der Waals surface area (Å²) in [6.45, 7) is 0. The fraction of sp³-hybridized carbons (Fsp3) is 0.600. The Labute approximate surface area is 95.4 Å². The topological polar surface area (TPSA) is 46.2 Å². The first-order chi connectivity index (χ1) is 7.01. The molecule has 1 N–H and O–H groups in total. The number of hydrogen-bond acceptors (Lipinski definition) is 4. The predicted octanol–water partition coefficient (Wildman–Crippen LogP) is 1.31. The van der Waals surface area contributed by atoms with Crippen molar-refractivity contribution in [2.45, 2.75) is 18.9 Å². The van der Waals surface area contributed by atoms with Gasteiger partial charge in [-0.15, -0.1) is 0 Å². The monoisotopic (exact) mass is 247 g/mol. The molecule has 0 amide bonds. The van der Waals surface area contributed by atoms with E-state index in [1.807, 2.05) is 12.4 Å². The molecule has 15 heavy (non-hydrogen) atoms. The van der Waals surface area contributed by atoms with Gasteiger partial charge in [0, 0.05) is 12.3 Å². The molecule has 1 atom stereocenters. The van der Waals surface area contributed by atoms with Crippen molar-refractivity contribution >= 4 is 21.2 Å². The van der Waals surface area contributed by atoms with E-state index in [0.29, 0.717) is 6.42 Å². The first-order valence-electron chi connectivity index (χ1n) is 4.87. The molecule has 0 aliphatic carbocycles. The summed E-state index contributed by atoms with van der Waals surface area (Å²) in [7, 11) is -0.971. The molecule has 0 aliphatic heterocycles. The van der Waals surface area contributed by atoms with Crippen LogP contribution in [0, 0.1) is 0 Å². The lowest BCUT2D eigenvalue weighted by Gasteiger charge is -2.14. The largest absolute Gasteiger partial charge is 0.317 e. The van der Waals surface area contributed by atoms with Gasteiger partial charge >= 0.3 is 0 Å². The standard InChI is InChI=1S/C10H17NO2S2/c1-11-10(4-6-15(2,12)13)7-9-3-5-14-8-9/h3,5,8,10-11H,4,6-7H2,1-2H3. The first kappa shape index (κ1) is 12.7. The highest BCUT2D eigenvalue weighted by atomic mass is 32.2. The SMILES string of the molecule is CNC(CCS(C)(=O)=O)Cc1ccsc1.